The van der Waals surface area contributed by atoms with Crippen LogP contribution in [0.1, 0.15) is 51.9 Å². The molecule has 2 fully saturated rings. The van der Waals surface area contributed by atoms with E-state index in [-0.39, 0.29) is 6.61 Å². The van der Waals surface area contributed by atoms with E-state index >= 15 is 0 Å². The molecule has 0 aromatic carbocycles. The number of aliphatic hydroxyl groups excluding tert-OH is 1. The number of likely N-dealkylation sites (tertiary alicyclic amines) is 1. The van der Waals surface area contributed by atoms with Crippen LogP contribution in [-0.2, 0) is 0 Å². The highest BCUT2D eigenvalue weighted by Crippen LogP contribution is 2.28. The van der Waals surface area contributed by atoms with Crippen molar-refractivity contribution in [2.24, 2.45) is 11.8 Å². The Hall–Kier alpha value is -0.120. The summed E-state index contributed by atoms with van der Waals surface area (Å²) >= 11 is 0. The molecule has 1 heterocycles. The average molecular weight is 268 g/mol. The maximum absolute atomic E-state index is 8.99. The summed E-state index contributed by atoms with van der Waals surface area (Å²) in [4.78, 5) is 2.70. The van der Waals surface area contributed by atoms with E-state index in [1.165, 1.54) is 64.6 Å². The van der Waals surface area contributed by atoms with Crippen molar-refractivity contribution >= 4 is 0 Å². The zero-order valence-corrected chi connectivity index (χ0v) is 12.6. The van der Waals surface area contributed by atoms with Gasteiger partial charge < -0.3 is 15.3 Å². The first kappa shape index (κ1) is 15.3. The van der Waals surface area contributed by atoms with Crippen molar-refractivity contribution in [3.05, 3.63) is 0 Å². The topological polar surface area (TPSA) is 35.5 Å². The first-order valence-corrected chi connectivity index (χ1v) is 8.38. The molecule has 0 bridgehead atoms. The maximum atomic E-state index is 8.99. The van der Waals surface area contributed by atoms with Crippen LogP contribution >= 0.6 is 0 Å². The van der Waals surface area contributed by atoms with E-state index in [9.17, 15) is 0 Å². The van der Waals surface area contributed by atoms with Gasteiger partial charge in [-0.3, -0.25) is 0 Å². The maximum Gasteiger partial charge on any atom is 0.0556 e. The van der Waals surface area contributed by atoms with Crippen LogP contribution in [0.15, 0.2) is 0 Å². The van der Waals surface area contributed by atoms with E-state index in [1.807, 2.05) is 0 Å². The molecule has 0 aromatic rings. The number of hydrogen-bond donors (Lipinski definition) is 2. The van der Waals surface area contributed by atoms with E-state index in [1.54, 1.807) is 0 Å². The molecule has 2 aliphatic rings. The zero-order chi connectivity index (χ0) is 13.5. The monoisotopic (exact) mass is 268 g/mol. The van der Waals surface area contributed by atoms with E-state index < -0.39 is 0 Å². The van der Waals surface area contributed by atoms with Crippen LogP contribution in [-0.4, -0.2) is 48.8 Å². The van der Waals surface area contributed by atoms with Crippen LogP contribution in [0, 0.1) is 11.8 Å². The predicted octanol–water partition coefficient (Wildman–Crippen LogP) is 2.25. The Kier molecular flexibility index (Phi) is 6.62. The molecule has 0 aromatic heterocycles. The van der Waals surface area contributed by atoms with Gasteiger partial charge in [-0.15, -0.1) is 0 Å². The van der Waals surface area contributed by atoms with E-state index in [0.29, 0.717) is 6.04 Å². The lowest BCUT2D eigenvalue weighted by molar-refractivity contribution is 0.116. The molecule has 2 atom stereocenters. The highest BCUT2D eigenvalue weighted by atomic mass is 16.3. The third kappa shape index (κ3) is 5.05. The summed E-state index contributed by atoms with van der Waals surface area (Å²) in [5, 5.41) is 12.5. The van der Waals surface area contributed by atoms with Gasteiger partial charge in [0.1, 0.15) is 0 Å². The van der Waals surface area contributed by atoms with Crippen molar-refractivity contribution in [1.29, 1.82) is 0 Å². The summed E-state index contributed by atoms with van der Waals surface area (Å²) < 4.78 is 0. The molecular weight excluding hydrogens is 236 g/mol. The van der Waals surface area contributed by atoms with Gasteiger partial charge in [0.25, 0.3) is 0 Å². The number of nitrogens with one attached hydrogen (secondary N) is 1. The predicted molar refractivity (Wildman–Crippen MR) is 80.3 cm³/mol. The van der Waals surface area contributed by atoms with E-state index in [0.717, 1.165) is 18.4 Å². The molecule has 2 unspecified atom stereocenters. The Morgan fingerprint density at radius 2 is 1.95 bits per heavy atom. The van der Waals surface area contributed by atoms with Gasteiger partial charge in [-0.25, -0.2) is 0 Å². The van der Waals surface area contributed by atoms with Crippen LogP contribution in [0.4, 0.5) is 0 Å². The smallest absolute Gasteiger partial charge is 0.0556 e. The minimum absolute atomic E-state index is 0.261. The fraction of sp³-hybridized carbons (Fsp3) is 1.00. The van der Waals surface area contributed by atoms with Gasteiger partial charge in [-0.1, -0.05) is 26.2 Å². The summed E-state index contributed by atoms with van der Waals surface area (Å²) in [6.45, 7) is 7.13. The van der Waals surface area contributed by atoms with Crippen molar-refractivity contribution in [1.82, 2.24) is 10.2 Å². The van der Waals surface area contributed by atoms with Gasteiger partial charge in [0.05, 0.1) is 6.61 Å². The van der Waals surface area contributed by atoms with Crippen LogP contribution in [0.5, 0.6) is 0 Å². The summed E-state index contributed by atoms with van der Waals surface area (Å²) in [5.41, 5.74) is 0. The Labute approximate surface area is 118 Å². The fourth-order valence-electron chi connectivity index (χ4n) is 4.04. The molecule has 1 aliphatic heterocycles. The van der Waals surface area contributed by atoms with Crippen LogP contribution in [0.2, 0.25) is 0 Å². The lowest BCUT2D eigenvalue weighted by Gasteiger charge is -2.39. The molecule has 112 valence electrons. The van der Waals surface area contributed by atoms with Crippen molar-refractivity contribution in [3.8, 4) is 0 Å². The minimum Gasteiger partial charge on any atom is -0.395 e. The first-order chi connectivity index (χ1) is 9.31. The van der Waals surface area contributed by atoms with E-state index in [4.69, 9.17) is 5.11 Å². The standard InChI is InChI=1S/C16H32N2O/c1-2-5-15-10-16(17-8-9-19)13-18(12-15)11-14-6-3-4-7-14/h14-17,19H,2-13H2,1H3. The number of aliphatic hydroxyl groups is 1. The lowest BCUT2D eigenvalue weighted by Crippen LogP contribution is -2.50. The molecule has 0 amide bonds. The number of piperidine rings is 1. The van der Waals surface area contributed by atoms with E-state index in [2.05, 4.69) is 17.1 Å². The summed E-state index contributed by atoms with van der Waals surface area (Å²) in [7, 11) is 0. The van der Waals surface area contributed by atoms with Gasteiger partial charge >= 0.3 is 0 Å². The second-order valence-corrected chi connectivity index (χ2v) is 6.63. The van der Waals surface area contributed by atoms with Crippen molar-refractivity contribution in [2.75, 3.05) is 32.8 Å². The summed E-state index contributed by atoms with van der Waals surface area (Å²) in [6, 6.07) is 0.596. The Bertz CT molecular complexity index is 241. The molecule has 0 spiro atoms. The molecule has 19 heavy (non-hydrogen) atoms. The van der Waals surface area contributed by atoms with Gasteiger partial charge in [-0.05, 0) is 37.5 Å². The number of rotatable bonds is 7. The second kappa shape index (κ2) is 8.23. The third-order valence-corrected chi connectivity index (χ3v) is 4.85. The molecular formula is C16H32N2O. The Morgan fingerprint density at radius 1 is 1.16 bits per heavy atom. The summed E-state index contributed by atoms with van der Waals surface area (Å²) in [6.07, 6.45) is 9.75. The minimum atomic E-state index is 0.261. The molecule has 3 nitrogen and oxygen atoms in total. The highest BCUT2D eigenvalue weighted by Gasteiger charge is 2.28. The van der Waals surface area contributed by atoms with Gasteiger partial charge in [-0.2, -0.15) is 0 Å². The normalized spacial score (nSPS) is 30.0. The SMILES string of the molecule is CCCC1CC(NCCO)CN(CC2CCCC2)C1. The fourth-order valence-corrected chi connectivity index (χ4v) is 4.04. The Morgan fingerprint density at radius 3 is 2.63 bits per heavy atom. The molecule has 2 N–H and O–H groups in total. The zero-order valence-electron chi connectivity index (χ0n) is 12.6. The average Bonchev–Trinajstić information content (AvgIpc) is 2.89. The molecule has 0 radical (unpaired) electrons. The largest absolute Gasteiger partial charge is 0.395 e. The third-order valence-electron chi connectivity index (χ3n) is 4.85. The van der Waals surface area contributed by atoms with Crippen LogP contribution in [0.25, 0.3) is 0 Å². The van der Waals surface area contributed by atoms with Crippen LogP contribution < -0.4 is 5.32 Å². The van der Waals surface area contributed by atoms with Gasteiger partial charge in [0, 0.05) is 32.2 Å². The molecule has 2 rings (SSSR count). The van der Waals surface area contributed by atoms with Crippen LogP contribution in [0.3, 0.4) is 0 Å². The van der Waals surface area contributed by atoms with Gasteiger partial charge in [0.2, 0.25) is 0 Å². The Balaban J connectivity index is 1.81. The lowest BCUT2D eigenvalue weighted by atomic mass is 9.89. The molecule has 3 heteroatoms. The molecule has 1 aliphatic carbocycles. The molecule has 1 saturated carbocycles. The second-order valence-electron chi connectivity index (χ2n) is 6.63. The molecule has 1 saturated heterocycles. The quantitative estimate of drug-likeness (QED) is 0.743. The summed E-state index contributed by atoms with van der Waals surface area (Å²) in [5.74, 6) is 1.82. The van der Waals surface area contributed by atoms with Crippen molar-refractivity contribution in [2.45, 2.75) is 57.9 Å². The highest BCUT2D eigenvalue weighted by molar-refractivity contribution is 4.85. The van der Waals surface area contributed by atoms with Gasteiger partial charge in [0.15, 0.2) is 0 Å². The van der Waals surface area contributed by atoms with Crippen molar-refractivity contribution in [3.63, 3.8) is 0 Å². The first-order valence-electron chi connectivity index (χ1n) is 8.38. The number of hydrogen-bond acceptors (Lipinski definition) is 3. The number of nitrogens with zero attached hydrogens (tertiary/aromatic N) is 1. The van der Waals surface area contributed by atoms with Crippen molar-refractivity contribution < 1.29 is 5.11 Å².